The first-order valence-electron chi connectivity index (χ1n) is 9.76. The first-order valence-corrected chi connectivity index (χ1v) is 10.1. The molecular weight excluding hydrogens is 392 g/mol. The highest BCUT2D eigenvalue weighted by Gasteiger charge is 2.47. The van der Waals surface area contributed by atoms with Gasteiger partial charge in [-0.05, 0) is 51.0 Å². The van der Waals surface area contributed by atoms with Crippen molar-refractivity contribution in [1.29, 1.82) is 0 Å². The molecule has 2 aliphatic rings. The van der Waals surface area contributed by atoms with E-state index in [0.29, 0.717) is 36.2 Å². The average Bonchev–Trinajstić information content (AvgIpc) is 3.27. The van der Waals surface area contributed by atoms with Crippen molar-refractivity contribution >= 4 is 23.4 Å². The van der Waals surface area contributed by atoms with E-state index in [9.17, 15) is 9.59 Å². The molecule has 152 valence electrons. The van der Waals surface area contributed by atoms with Gasteiger partial charge in [0.1, 0.15) is 0 Å². The molecule has 2 atom stereocenters. The predicted molar refractivity (Wildman–Crippen MR) is 107 cm³/mol. The molecule has 0 unspecified atom stereocenters. The van der Waals surface area contributed by atoms with Crippen LogP contribution in [0.3, 0.4) is 0 Å². The molecule has 1 aliphatic carbocycles. The van der Waals surface area contributed by atoms with E-state index in [1.165, 1.54) is 4.90 Å². The van der Waals surface area contributed by atoms with Crippen molar-refractivity contribution < 1.29 is 14.0 Å². The van der Waals surface area contributed by atoms with Crippen molar-refractivity contribution in [3.8, 4) is 11.5 Å². The summed E-state index contributed by atoms with van der Waals surface area (Å²) in [6.45, 7) is 4.59. The quantitative estimate of drug-likeness (QED) is 0.531. The molecule has 0 saturated carbocycles. The topological polar surface area (TPSA) is 79.5 Å². The number of hydrogen-bond acceptors (Lipinski definition) is 6. The van der Waals surface area contributed by atoms with Gasteiger partial charge >= 0.3 is 0 Å². The van der Waals surface area contributed by atoms with Crippen molar-refractivity contribution in [1.82, 2.24) is 20.0 Å². The average molecular weight is 415 g/mol. The number of carbonyl (C=O) groups excluding carboxylic acids is 2. The molecule has 1 aromatic carbocycles. The lowest BCUT2D eigenvalue weighted by Crippen LogP contribution is -2.44. The number of imide groups is 1. The molecule has 0 radical (unpaired) electrons. The summed E-state index contributed by atoms with van der Waals surface area (Å²) in [4.78, 5) is 28.9. The van der Waals surface area contributed by atoms with Crippen LogP contribution in [0.1, 0.15) is 32.6 Å². The van der Waals surface area contributed by atoms with Crippen LogP contribution in [0.15, 0.2) is 40.8 Å². The van der Waals surface area contributed by atoms with Gasteiger partial charge < -0.3 is 4.42 Å². The normalized spacial score (nSPS) is 21.5. The van der Waals surface area contributed by atoms with Gasteiger partial charge in [0.25, 0.3) is 0 Å². The summed E-state index contributed by atoms with van der Waals surface area (Å²) in [5, 5.41) is 8.87. The summed E-state index contributed by atoms with van der Waals surface area (Å²) < 4.78 is 5.80. The molecule has 1 saturated heterocycles. The molecule has 8 heteroatoms. The van der Waals surface area contributed by atoms with E-state index in [0.717, 1.165) is 5.56 Å². The second-order valence-corrected chi connectivity index (χ2v) is 8.19. The predicted octanol–water partition coefficient (Wildman–Crippen LogP) is 3.51. The van der Waals surface area contributed by atoms with Gasteiger partial charge in [-0.25, -0.2) is 0 Å². The van der Waals surface area contributed by atoms with E-state index < -0.39 is 0 Å². The number of fused-ring (bicyclic) bond motifs is 1. The maximum absolute atomic E-state index is 12.8. The van der Waals surface area contributed by atoms with E-state index in [-0.39, 0.29) is 36.4 Å². The highest BCUT2D eigenvalue weighted by molar-refractivity contribution is 6.30. The fourth-order valence-electron chi connectivity index (χ4n) is 3.79. The number of benzene rings is 1. The van der Waals surface area contributed by atoms with Crippen LogP contribution in [0.2, 0.25) is 5.02 Å². The molecule has 7 nitrogen and oxygen atoms in total. The Kier molecular flexibility index (Phi) is 5.52. The second-order valence-electron chi connectivity index (χ2n) is 7.75. The zero-order valence-corrected chi connectivity index (χ0v) is 17.2. The van der Waals surface area contributed by atoms with Crippen LogP contribution in [0.4, 0.5) is 0 Å². The van der Waals surface area contributed by atoms with E-state index in [2.05, 4.69) is 10.2 Å². The summed E-state index contributed by atoms with van der Waals surface area (Å²) in [5.41, 5.74) is 0.783. The van der Waals surface area contributed by atoms with Gasteiger partial charge in [-0.15, -0.1) is 10.2 Å². The summed E-state index contributed by atoms with van der Waals surface area (Å²) in [5.74, 6) is 0.236. The number of hydrogen-bond donors (Lipinski definition) is 0. The molecule has 0 N–H and O–H groups in total. The van der Waals surface area contributed by atoms with Crippen LogP contribution >= 0.6 is 11.6 Å². The molecule has 2 amide bonds. The number of amides is 2. The number of rotatable bonds is 6. The monoisotopic (exact) mass is 414 g/mol. The SMILES string of the molecule is CC(C)N(Cc1nnc(-c2ccc(Cl)cc2)o1)CN1C(=O)[C@H]2CC=CC[C@H]2C1=O. The lowest BCUT2D eigenvalue weighted by Gasteiger charge is -2.29. The Morgan fingerprint density at radius 1 is 1.10 bits per heavy atom. The molecule has 1 aromatic heterocycles. The highest BCUT2D eigenvalue weighted by Crippen LogP contribution is 2.35. The lowest BCUT2D eigenvalue weighted by atomic mass is 9.85. The van der Waals surface area contributed by atoms with Crippen molar-refractivity contribution in [2.45, 2.75) is 39.3 Å². The number of halogens is 1. The minimum absolute atomic E-state index is 0.0811. The largest absolute Gasteiger partial charge is 0.419 e. The first kappa shape index (κ1) is 19.8. The van der Waals surface area contributed by atoms with Gasteiger partial charge in [0, 0.05) is 16.6 Å². The van der Waals surface area contributed by atoms with Gasteiger partial charge in [-0.1, -0.05) is 23.8 Å². The van der Waals surface area contributed by atoms with Crippen LogP contribution in [-0.2, 0) is 16.1 Å². The molecule has 1 fully saturated rings. The number of nitrogens with zero attached hydrogens (tertiary/aromatic N) is 4. The third-order valence-corrected chi connectivity index (χ3v) is 5.80. The summed E-state index contributed by atoms with van der Waals surface area (Å²) in [7, 11) is 0. The molecule has 4 rings (SSSR count). The summed E-state index contributed by atoms with van der Waals surface area (Å²) in [6, 6.07) is 7.25. The van der Waals surface area contributed by atoms with Gasteiger partial charge in [-0.2, -0.15) is 0 Å². The minimum atomic E-state index is -0.221. The third kappa shape index (κ3) is 3.97. The Hall–Kier alpha value is -2.51. The van der Waals surface area contributed by atoms with Gasteiger partial charge in [0.2, 0.25) is 23.6 Å². The lowest BCUT2D eigenvalue weighted by molar-refractivity contribution is -0.143. The highest BCUT2D eigenvalue weighted by atomic mass is 35.5. The molecule has 0 bridgehead atoms. The van der Waals surface area contributed by atoms with Crippen molar-refractivity contribution in [2.24, 2.45) is 11.8 Å². The van der Waals surface area contributed by atoms with Crippen molar-refractivity contribution in [3.05, 3.63) is 47.3 Å². The Morgan fingerprint density at radius 3 is 2.31 bits per heavy atom. The maximum Gasteiger partial charge on any atom is 0.247 e. The molecule has 29 heavy (non-hydrogen) atoms. The fraction of sp³-hybridized carbons (Fsp3) is 0.429. The zero-order valence-electron chi connectivity index (χ0n) is 16.4. The Labute approximate surface area is 174 Å². The van der Waals surface area contributed by atoms with E-state index >= 15 is 0 Å². The molecule has 2 heterocycles. The number of likely N-dealkylation sites (tertiary alicyclic amines) is 1. The maximum atomic E-state index is 12.8. The van der Waals surface area contributed by atoms with Crippen LogP contribution in [0.5, 0.6) is 0 Å². The molecule has 1 aliphatic heterocycles. The van der Waals surface area contributed by atoms with E-state index in [1.807, 2.05) is 43.0 Å². The number of aromatic nitrogens is 2. The van der Waals surface area contributed by atoms with Gasteiger partial charge in [-0.3, -0.25) is 19.4 Å². The van der Waals surface area contributed by atoms with Gasteiger partial charge in [0.05, 0.1) is 25.0 Å². The smallest absolute Gasteiger partial charge is 0.247 e. The zero-order chi connectivity index (χ0) is 20.5. The Balaban J connectivity index is 1.47. The Bertz CT molecular complexity index is 912. The molecular formula is C21H23ClN4O3. The standard InChI is InChI=1S/C21H23ClN4O3/c1-13(2)25(12-26-20(27)16-5-3-4-6-17(16)21(26)28)11-18-23-24-19(29-18)14-7-9-15(22)10-8-14/h3-4,7-10,13,16-17H,5-6,11-12H2,1-2H3/t16-,17+. The Morgan fingerprint density at radius 2 is 1.72 bits per heavy atom. The third-order valence-electron chi connectivity index (χ3n) is 5.55. The van der Waals surface area contributed by atoms with E-state index in [4.69, 9.17) is 16.0 Å². The number of allylic oxidation sites excluding steroid dienone is 2. The minimum Gasteiger partial charge on any atom is -0.419 e. The van der Waals surface area contributed by atoms with Crippen molar-refractivity contribution in [2.75, 3.05) is 6.67 Å². The molecule has 2 aromatic rings. The van der Waals surface area contributed by atoms with Gasteiger partial charge in [0.15, 0.2) is 0 Å². The fourth-order valence-corrected chi connectivity index (χ4v) is 3.91. The molecule has 0 spiro atoms. The van der Waals surface area contributed by atoms with Crippen LogP contribution in [0.25, 0.3) is 11.5 Å². The van der Waals surface area contributed by atoms with Crippen LogP contribution < -0.4 is 0 Å². The first-order chi connectivity index (χ1) is 13.9. The number of carbonyl (C=O) groups is 2. The van der Waals surface area contributed by atoms with Crippen LogP contribution in [0, 0.1) is 11.8 Å². The van der Waals surface area contributed by atoms with Crippen LogP contribution in [-0.4, -0.2) is 44.5 Å². The summed E-state index contributed by atoms with van der Waals surface area (Å²) >= 11 is 5.92. The van der Waals surface area contributed by atoms with E-state index in [1.54, 1.807) is 12.1 Å². The second kappa shape index (κ2) is 8.08. The van der Waals surface area contributed by atoms with Crippen molar-refractivity contribution in [3.63, 3.8) is 0 Å². The summed E-state index contributed by atoms with van der Waals surface area (Å²) in [6.07, 6.45) is 5.27.